The van der Waals surface area contributed by atoms with Gasteiger partial charge in [0.2, 0.25) is 5.79 Å². The Hall–Kier alpha value is -2.03. The number of unbranched alkanes of at least 4 members (excludes halogenated alkanes) is 2. The molecule has 0 saturated carbocycles. The highest BCUT2D eigenvalue weighted by Gasteiger charge is 2.59. The maximum Gasteiger partial charge on any atom is 0.224 e. The fourth-order valence-corrected chi connectivity index (χ4v) is 9.53. The minimum Gasteiger partial charge on any atom is -0.461 e. The number of Topliss-reactive ketones (excluding diaryl/α,β-unsaturated/α-hetero) is 1. The van der Waals surface area contributed by atoms with E-state index in [1.807, 2.05) is 48.5 Å². The van der Waals surface area contributed by atoms with Crippen LogP contribution in [0.5, 0.6) is 0 Å². The number of fused-ring (bicyclic) bond motifs is 2. The quantitative estimate of drug-likeness (QED) is 0.0319. The molecule has 1 unspecified atom stereocenters. The van der Waals surface area contributed by atoms with E-state index in [0.717, 1.165) is 87.8 Å². The van der Waals surface area contributed by atoms with Crippen molar-refractivity contribution in [2.45, 2.75) is 75.4 Å². The molecule has 7 nitrogen and oxygen atoms in total. The molecule has 9 heteroatoms. The maximum absolute atomic E-state index is 14.9. The number of ether oxygens (including phenoxy) is 2. The van der Waals surface area contributed by atoms with Crippen LogP contribution < -0.4 is 10.6 Å². The van der Waals surface area contributed by atoms with Gasteiger partial charge in [0, 0.05) is 47.8 Å². The molecule has 258 valence electrons. The molecule has 0 fully saturated rings. The van der Waals surface area contributed by atoms with Crippen molar-refractivity contribution >= 4 is 72.9 Å². The summed E-state index contributed by atoms with van der Waals surface area (Å²) in [6.07, 6.45) is 9.45. The maximum atomic E-state index is 14.9. The molecule has 0 spiro atoms. The van der Waals surface area contributed by atoms with Crippen LogP contribution in [-0.2, 0) is 25.7 Å². The molecule has 0 aliphatic heterocycles. The minimum absolute atomic E-state index is 0.0573. The number of carbonyl (C=O) groups is 1. The number of carbonyl (C=O) groups excluding carboxylic acids is 1. The van der Waals surface area contributed by atoms with Crippen LogP contribution >= 0.6 is 45.2 Å². The number of rotatable bonds is 19. The number of hydrogen-bond acceptors (Lipinski definition) is 7. The fourth-order valence-electron chi connectivity index (χ4n) is 6.41. The van der Waals surface area contributed by atoms with Crippen molar-refractivity contribution in [3.63, 3.8) is 0 Å². The third-order valence-corrected chi connectivity index (χ3v) is 11.4. The molecule has 1 aliphatic carbocycles. The van der Waals surface area contributed by atoms with Gasteiger partial charge < -0.3 is 28.9 Å². The van der Waals surface area contributed by atoms with Crippen molar-refractivity contribution in [2.75, 3.05) is 39.4 Å². The Morgan fingerprint density at radius 1 is 0.792 bits per heavy atom. The van der Waals surface area contributed by atoms with Gasteiger partial charge in [0.1, 0.15) is 26.1 Å². The average Bonchev–Trinajstić information content (AvgIpc) is 3.66. The lowest BCUT2D eigenvalue weighted by atomic mass is 9.80. The lowest BCUT2D eigenvalue weighted by Crippen LogP contribution is -2.55. The van der Waals surface area contributed by atoms with Crippen molar-refractivity contribution in [3.05, 3.63) is 92.5 Å². The first-order chi connectivity index (χ1) is 23.3. The topological polar surface area (TPSA) is 85.9 Å². The summed E-state index contributed by atoms with van der Waals surface area (Å²) in [4.78, 5) is 14.9. The minimum atomic E-state index is -1.22. The Morgan fingerprint density at radius 2 is 1.33 bits per heavy atom. The molecular weight excluding hydrogens is 830 g/mol. The molecular formula is C39H48I2N2O5. The molecule has 0 saturated heterocycles. The number of benzene rings is 2. The van der Waals surface area contributed by atoms with Crippen LogP contribution in [-0.4, -0.2) is 51.0 Å². The fraction of sp³-hybridized carbons (Fsp3) is 0.462. The summed E-state index contributed by atoms with van der Waals surface area (Å²) < 4.78 is 26.7. The number of ketones is 1. The molecule has 5 rings (SSSR count). The SMILES string of the molecule is CCCCc1oc2ccccc2c1C(=O)C1=CC(I)(c2c(CCCC)oc3ccccc23)C(OCCNCC)(OCCNCC)C(I)=C1. The van der Waals surface area contributed by atoms with Gasteiger partial charge >= 0.3 is 0 Å². The Labute approximate surface area is 311 Å². The van der Waals surface area contributed by atoms with Gasteiger partial charge in [0.15, 0.2) is 5.78 Å². The van der Waals surface area contributed by atoms with Crippen LogP contribution in [0.1, 0.15) is 80.8 Å². The smallest absolute Gasteiger partial charge is 0.224 e. The van der Waals surface area contributed by atoms with Crippen LogP contribution in [0.15, 0.2) is 78.7 Å². The summed E-state index contributed by atoms with van der Waals surface area (Å²) in [6.45, 7) is 12.4. The van der Waals surface area contributed by atoms with Gasteiger partial charge in [0.05, 0.1) is 22.4 Å². The van der Waals surface area contributed by atoms with Crippen LogP contribution in [0, 0.1) is 0 Å². The first kappa shape index (κ1) is 37.2. The van der Waals surface area contributed by atoms with E-state index in [-0.39, 0.29) is 5.78 Å². The highest BCUT2D eigenvalue weighted by Crippen LogP contribution is 2.58. The third-order valence-electron chi connectivity index (χ3n) is 8.80. The third kappa shape index (κ3) is 7.51. The number of para-hydroxylation sites is 2. The van der Waals surface area contributed by atoms with E-state index in [0.29, 0.717) is 43.9 Å². The summed E-state index contributed by atoms with van der Waals surface area (Å²) in [5, 5.41) is 8.64. The highest BCUT2D eigenvalue weighted by atomic mass is 127. The molecule has 2 N–H and O–H groups in total. The summed E-state index contributed by atoms with van der Waals surface area (Å²) in [7, 11) is 0. The zero-order valence-electron chi connectivity index (χ0n) is 28.6. The van der Waals surface area contributed by atoms with Gasteiger partial charge in [-0.2, -0.15) is 0 Å². The molecule has 0 bridgehead atoms. The summed E-state index contributed by atoms with van der Waals surface area (Å²) in [6, 6.07) is 16.0. The Bertz CT molecular complexity index is 1740. The van der Waals surface area contributed by atoms with E-state index in [2.05, 4.69) is 95.7 Å². The summed E-state index contributed by atoms with van der Waals surface area (Å²) in [5.74, 6) is 0.358. The van der Waals surface area contributed by atoms with Crippen molar-refractivity contribution < 1.29 is 23.1 Å². The number of aryl methyl sites for hydroxylation is 2. The Morgan fingerprint density at radius 3 is 1.94 bits per heavy atom. The predicted octanol–water partition coefficient (Wildman–Crippen LogP) is 9.58. The van der Waals surface area contributed by atoms with E-state index in [9.17, 15) is 4.79 Å². The first-order valence-electron chi connectivity index (χ1n) is 17.4. The first-order valence-corrected chi connectivity index (χ1v) is 19.6. The van der Waals surface area contributed by atoms with Crippen molar-refractivity contribution in [2.24, 2.45) is 0 Å². The zero-order valence-corrected chi connectivity index (χ0v) is 32.9. The average molecular weight is 879 g/mol. The van der Waals surface area contributed by atoms with Gasteiger partial charge in [-0.1, -0.05) is 99.5 Å². The van der Waals surface area contributed by atoms with E-state index >= 15 is 0 Å². The molecule has 2 aromatic heterocycles. The number of nitrogens with one attached hydrogen (secondary N) is 2. The number of alkyl halides is 1. The molecule has 0 amide bonds. The molecule has 1 atom stereocenters. The molecule has 4 aromatic rings. The molecule has 48 heavy (non-hydrogen) atoms. The second-order valence-corrected chi connectivity index (χ2v) is 15.0. The van der Waals surface area contributed by atoms with Crippen LogP contribution in [0.25, 0.3) is 21.9 Å². The van der Waals surface area contributed by atoms with Gasteiger partial charge in [-0.15, -0.1) is 0 Å². The second kappa shape index (κ2) is 17.3. The standard InChI is InChI=1S/C39H48I2N2O5/c1-5-9-17-32-35(28-15-11-13-19-30(28)47-32)37(44)27-25-34(40)39(45-23-21-42-7-3,46-24-22-43-8-4)38(41,26-27)36-29-16-12-14-20-31(29)48-33(36)18-10-6-2/h11-16,19-20,25-26,42-43H,5-10,17-18,21-24H2,1-4H3. The largest absolute Gasteiger partial charge is 0.461 e. The Kier molecular flexibility index (Phi) is 13.4. The molecule has 0 radical (unpaired) electrons. The number of hydrogen-bond donors (Lipinski definition) is 2. The number of halogens is 2. The van der Waals surface area contributed by atoms with Crippen LogP contribution in [0.2, 0.25) is 0 Å². The van der Waals surface area contributed by atoms with Crippen LogP contribution in [0.4, 0.5) is 0 Å². The van der Waals surface area contributed by atoms with E-state index in [1.54, 1.807) is 0 Å². The Balaban J connectivity index is 1.75. The summed E-state index contributed by atoms with van der Waals surface area (Å²) >= 11 is 4.84. The van der Waals surface area contributed by atoms with Gasteiger partial charge in [-0.05, 0) is 72.8 Å². The lowest BCUT2D eigenvalue weighted by Gasteiger charge is -2.47. The lowest BCUT2D eigenvalue weighted by molar-refractivity contribution is -0.215. The molecule has 2 heterocycles. The predicted molar refractivity (Wildman–Crippen MR) is 212 cm³/mol. The highest BCUT2D eigenvalue weighted by molar-refractivity contribution is 14.1. The molecule has 1 aliphatic rings. The van der Waals surface area contributed by atoms with Crippen molar-refractivity contribution in [3.8, 4) is 0 Å². The van der Waals surface area contributed by atoms with Gasteiger partial charge in [-0.25, -0.2) is 0 Å². The monoisotopic (exact) mass is 878 g/mol. The second-order valence-electron chi connectivity index (χ2n) is 12.2. The van der Waals surface area contributed by atoms with Crippen molar-refractivity contribution in [1.82, 2.24) is 10.6 Å². The van der Waals surface area contributed by atoms with E-state index in [4.69, 9.17) is 18.3 Å². The van der Waals surface area contributed by atoms with Crippen LogP contribution in [0.3, 0.4) is 0 Å². The normalized spacial score (nSPS) is 17.6. The van der Waals surface area contributed by atoms with E-state index < -0.39 is 9.21 Å². The summed E-state index contributed by atoms with van der Waals surface area (Å²) in [5.41, 5.74) is 3.78. The van der Waals surface area contributed by atoms with Gasteiger partial charge in [0.25, 0.3) is 0 Å². The number of allylic oxidation sites excluding steroid dienone is 2. The number of furan rings is 2. The van der Waals surface area contributed by atoms with Crippen molar-refractivity contribution in [1.29, 1.82) is 0 Å². The zero-order chi connectivity index (χ0) is 34.1. The van der Waals surface area contributed by atoms with Gasteiger partial charge in [-0.3, -0.25) is 4.79 Å². The molecule has 2 aromatic carbocycles. The van der Waals surface area contributed by atoms with E-state index in [1.165, 1.54) is 0 Å². The number of likely N-dealkylation sites (N-methyl/N-ethyl adjacent to an activating group) is 2.